The highest BCUT2D eigenvalue weighted by molar-refractivity contribution is 7.87. The van der Waals surface area contributed by atoms with Gasteiger partial charge >= 0.3 is 5.97 Å². The van der Waals surface area contributed by atoms with Crippen LogP contribution >= 0.6 is 0 Å². The summed E-state index contributed by atoms with van der Waals surface area (Å²) < 4.78 is 35.4. The molecule has 4 atom stereocenters. The Hall–Kier alpha value is -1.76. The van der Waals surface area contributed by atoms with Crippen molar-refractivity contribution in [3.8, 4) is 0 Å². The molecular weight excluding hydrogens is 512 g/mol. The lowest BCUT2D eigenvalue weighted by atomic mass is 9.83. The first-order valence-electron chi connectivity index (χ1n) is 13.9. The van der Waals surface area contributed by atoms with Crippen LogP contribution in [0.15, 0.2) is 0 Å². The number of amides is 2. The number of hydrogen-bond acceptors (Lipinski definition) is 7. The molecule has 12 heteroatoms. The van der Waals surface area contributed by atoms with Crippen LogP contribution in [-0.2, 0) is 29.3 Å². The quantitative estimate of drug-likeness (QED) is 0.207. The third-order valence-corrected chi connectivity index (χ3v) is 9.23. The van der Waals surface area contributed by atoms with Crippen molar-refractivity contribution in [2.24, 2.45) is 29.4 Å². The number of nitrogens with one attached hydrogen (secondary N) is 2. The average molecular weight is 561 g/mol. The smallest absolute Gasteiger partial charge is 0.326 e. The van der Waals surface area contributed by atoms with Crippen LogP contribution in [0, 0.1) is 23.7 Å². The fourth-order valence-corrected chi connectivity index (χ4v) is 6.52. The maximum absolute atomic E-state index is 13.4. The summed E-state index contributed by atoms with van der Waals surface area (Å²) in [6, 6.07) is -0.686. The summed E-state index contributed by atoms with van der Waals surface area (Å²) in [4.78, 5) is 36.7. The molecule has 2 aliphatic rings. The number of nitrogens with two attached hydrogens (primary N) is 1. The fraction of sp³-hybridized carbons (Fsp3) is 0.885. The zero-order chi connectivity index (χ0) is 28.7. The maximum atomic E-state index is 13.4. The van der Waals surface area contributed by atoms with E-state index in [1.165, 1.54) is 13.8 Å². The van der Waals surface area contributed by atoms with Crippen molar-refractivity contribution in [1.82, 2.24) is 14.3 Å². The summed E-state index contributed by atoms with van der Waals surface area (Å²) in [6.07, 6.45) is 5.52. The molecule has 2 rings (SSSR count). The van der Waals surface area contributed by atoms with Gasteiger partial charge in [-0.3, -0.25) is 14.4 Å². The third-order valence-electron chi connectivity index (χ3n) is 7.45. The van der Waals surface area contributed by atoms with Gasteiger partial charge in [0, 0.05) is 13.1 Å². The lowest BCUT2D eigenvalue weighted by molar-refractivity contribution is -0.149. The molecule has 2 amide bonds. The number of aliphatic hydroxyl groups excluding tert-OH is 1. The first-order chi connectivity index (χ1) is 17.7. The van der Waals surface area contributed by atoms with E-state index >= 15 is 0 Å². The molecule has 2 aliphatic carbocycles. The van der Waals surface area contributed by atoms with Crippen LogP contribution in [0.5, 0.6) is 0 Å². The topological polar surface area (TPSA) is 168 Å². The summed E-state index contributed by atoms with van der Waals surface area (Å²) in [5, 5.41) is 14.2. The highest BCUT2D eigenvalue weighted by Gasteiger charge is 2.48. The van der Waals surface area contributed by atoms with Gasteiger partial charge in [0.05, 0.1) is 30.6 Å². The van der Waals surface area contributed by atoms with Crippen molar-refractivity contribution in [3.63, 3.8) is 0 Å². The number of carbonyl (C=O) groups excluding carboxylic acids is 3. The van der Waals surface area contributed by atoms with E-state index in [9.17, 15) is 27.9 Å². The zero-order valence-corrected chi connectivity index (χ0v) is 24.4. The van der Waals surface area contributed by atoms with Gasteiger partial charge < -0.3 is 20.9 Å². The molecule has 0 aromatic rings. The second-order valence-corrected chi connectivity index (χ2v) is 13.4. The van der Waals surface area contributed by atoms with Crippen LogP contribution in [0.3, 0.4) is 0 Å². The van der Waals surface area contributed by atoms with Crippen LogP contribution in [0.1, 0.15) is 86.0 Å². The molecule has 0 spiro atoms. The number of hydrogen-bond donors (Lipinski definition) is 4. The van der Waals surface area contributed by atoms with Crippen molar-refractivity contribution in [2.75, 3.05) is 19.7 Å². The van der Waals surface area contributed by atoms with Gasteiger partial charge in [-0.15, -0.1) is 0 Å². The van der Waals surface area contributed by atoms with Gasteiger partial charge in [0.25, 0.3) is 10.2 Å². The van der Waals surface area contributed by atoms with E-state index in [2.05, 4.69) is 10.0 Å². The van der Waals surface area contributed by atoms with Gasteiger partial charge in [-0.05, 0) is 51.9 Å². The monoisotopic (exact) mass is 560 g/mol. The Balaban J connectivity index is 2.22. The molecule has 0 aliphatic heterocycles. The Labute approximate surface area is 227 Å². The van der Waals surface area contributed by atoms with Crippen molar-refractivity contribution < 1.29 is 32.6 Å². The predicted octanol–water partition coefficient (Wildman–Crippen LogP) is 1.45. The summed E-state index contributed by atoms with van der Waals surface area (Å²) in [5.41, 5.74) is 3.83. The Morgan fingerprint density at radius 1 is 1.13 bits per heavy atom. The third kappa shape index (κ3) is 9.77. The van der Waals surface area contributed by atoms with Gasteiger partial charge in [-0.2, -0.15) is 17.4 Å². The molecule has 38 heavy (non-hydrogen) atoms. The molecule has 2 fully saturated rings. The molecule has 0 heterocycles. The van der Waals surface area contributed by atoms with Crippen LogP contribution in [0.2, 0.25) is 0 Å². The van der Waals surface area contributed by atoms with E-state index in [0.29, 0.717) is 25.2 Å². The molecule has 0 aromatic carbocycles. The highest BCUT2D eigenvalue weighted by atomic mass is 32.2. The van der Waals surface area contributed by atoms with Crippen molar-refractivity contribution in [3.05, 3.63) is 0 Å². The first kappa shape index (κ1) is 32.5. The number of rotatable bonds is 16. The number of ether oxygens (including phenoxy) is 1. The van der Waals surface area contributed by atoms with Crippen molar-refractivity contribution in [1.29, 1.82) is 0 Å². The summed E-state index contributed by atoms with van der Waals surface area (Å²) >= 11 is 0. The number of primary amides is 1. The summed E-state index contributed by atoms with van der Waals surface area (Å²) in [5.74, 6) is -2.08. The Morgan fingerprint density at radius 3 is 2.29 bits per heavy atom. The Kier molecular flexibility index (Phi) is 12.0. The molecule has 0 saturated heterocycles. The minimum Gasteiger partial charge on any atom is -0.465 e. The number of esters is 1. The van der Waals surface area contributed by atoms with Gasteiger partial charge in [-0.25, -0.2) is 0 Å². The lowest BCUT2D eigenvalue weighted by Crippen LogP contribution is -2.57. The summed E-state index contributed by atoms with van der Waals surface area (Å²) in [6.45, 7) is 8.40. The maximum Gasteiger partial charge on any atom is 0.326 e. The van der Waals surface area contributed by atoms with Crippen molar-refractivity contribution in [2.45, 2.75) is 104 Å². The number of aliphatic hydroxyl groups is 1. The Bertz CT molecular complexity index is 919. The van der Waals surface area contributed by atoms with E-state index in [0.717, 1.165) is 36.4 Å². The molecule has 2 saturated carbocycles. The largest absolute Gasteiger partial charge is 0.465 e. The van der Waals surface area contributed by atoms with Crippen molar-refractivity contribution >= 4 is 28.0 Å². The molecule has 2 unspecified atom stereocenters. The molecular formula is C26H48N4O7S. The molecule has 5 N–H and O–H groups in total. The van der Waals surface area contributed by atoms with Crippen LogP contribution in [0.4, 0.5) is 0 Å². The molecule has 11 nitrogen and oxygen atoms in total. The first-order valence-corrected chi connectivity index (χ1v) is 15.4. The van der Waals surface area contributed by atoms with Gasteiger partial charge in [0.2, 0.25) is 11.8 Å². The van der Waals surface area contributed by atoms with E-state index in [1.54, 1.807) is 6.92 Å². The molecule has 0 aromatic heterocycles. The van der Waals surface area contributed by atoms with E-state index in [1.807, 2.05) is 13.8 Å². The average Bonchev–Trinajstić information content (AvgIpc) is 3.62. The second kappa shape index (κ2) is 14.0. The fourth-order valence-electron chi connectivity index (χ4n) is 4.97. The molecule has 220 valence electrons. The van der Waals surface area contributed by atoms with Crippen LogP contribution in [0.25, 0.3) is 0 Å². The minimum atomic E-state index is -4.20. The molecule has 0 radical (unpaired) electrons. The number of nitrogens with zero attached hydrogens (tertiary/aromatic N) is 1. The van der Waals surface area contributed by atoms with E-state index < -0.39 is 51.6 Å². The zero-order valence-electron chi connectivity index (χ0n) is 23.6. The van der Waals surface area contributed by atoms with Crippen LogP contribution in [-0.4, -0.2) is 73.0 Å². The Morgan fingerprint density at radius 2 is 1.76 bits per heavy atom. The molecule has 0 bridgehead atoms. The van der Waals surface area contributed by atoms with E-state index in [-0.39, 0.29) is 31.5 Å². The standard InChI is InChI=1S/C26H48N4O7S/c1-6-37-25(34)26(4,5)29-38(35,36)30(13-12-17(2)3)16-22(31)21(14-18-10-8-7-9-11-18)28-24(33)20-15-19(20)23(27)32/h17-22,29,31H,6-16H2,1-5H3,(H2,27,32)(H,28,33)/t19?,20?,21-,22+/m0/s1. The van der Waals surface area contributed by atoms with E-state index in [4.69, 9.17) is 10.5 Å². The highest BCUT2D eigenvalue weighted by Crippen LogP contribution is 2.38. The second-order valence-electron chi connectivity index (χ2n) is 11.8. The summed E-state index contributed by atoms with van der Waals surface area (Å²) in [7, 11) is -4.20. The predicted molar refractivity (Wildman–Crippen MR) is 144 cm³/mol. The normalized spacial score (nSPS) is 22.2. The number of carbonyl (C=O) groups is 3. The lowest BCUT2D eigenvalue weighted by Gasteiger charge is -2.34. The SMILES string of the molecule is CCOC(=O)C(C)(C)NS(=O)(=O)N(CCC(C)C)C[C@@H](O)[C@H](CC1CCCCC1)NC(=O)C1CC1C(N)=O. The minimum absolute atomic E-state index is 0.111. The van der Waals surface area contributed by atoms with Gasteiger partial charge in [0.15, 0.2) is 0 Å². The van der Waals surface area contributed by atoms with Crippen LogP contribution < -0.4 is 15.8 Å². The van der Waals surface area contributed by atoms with Gasteiger partial charge in [-0.1, -0.05) is 46.0 Å². The van der Waals surface area contributed by atoms with Gasteiger partial charge in [0.1, 0.15) is 5.54 Å².